The number of hydrogen-bond donors (Lipinski definition) is 0. The number of nitriles is 1. The van der Waals surface area contributed by atoms with Gasteiger partial charge < -0.3 is 0 Å². The SMILES string of the molecule is N#Cc1ccc(/C=C/CN2CCC(=C3c4ccccc4C=Cc4ccccc43)CC2)cc1. The summed E-state index contributed by atoms with van der Waals surface area (Å²) in [7, 11) is 0. The molecule has 0 amide bonds. The van der Waals surface area contributed by atoms with Crippen LogP contribution in [0.15, 0.2) is 84.4 Å². The summed E-state index contributed by atoms with van der Waals surface area (Å²) in [5.41, 5.74) is 10.2. The second kappa shape index (κ2) is 9.22. The van der Waals surface area contributed by atoms with Gasteiger partial charge in [-0.25, -0.2) is 0 Å². The monoisotopic (exact) mass is 414 g/mol. The normalized spacial score (nSPS) is 15.8. The number of rotatable bonds is 3. The molecule has 0 bridgehead atoms. The van der Waals surface area contributed by atoms with Crippen LogP contribution in [0.2, 0.25) is 0 Å². The summed E-state index contributed by atoms with van der Waals surface area (Å²) in [6, 6.07) is 27.5. The van der Waals surface area contributed by atoms with Crippen LogP contribution in [0.4, 0.5) is 0 Å². The van der Waals surface area contributed by atoms with Gasteiger partial charge in [0.1, 0.15) is 0 Å². The molecule has 2 nitrogen and oxygen atoms in total. The summed E-state index contributed by atoms with van der Waals surface area (Å²) >= 11 is 0. The molecule has 1 heterocycles. The average Bonchev–Trinajstić information content (AvgIpc) is 3.02. The zero-order valence-electron chi connectivity index (χ0n) is 18.2. The highest BCUT2D eigenvalue weighted by Gasteiger charge is 2.21. The van der Waals surface area contributed by atoms with Crippen molar-refractivity contribution in [2.45, 2.75) is 12.8 Å². The first-order valence-electron chi connectivity index (χ1n) is 11.3. The minimum Gasteiger partial charge on any atom is -0.299 e. The maximum Gasteiger partial charge on any atom is 0.0991 e. The lowest BCUT2D eigenvalue weighted by Crippen LogP contribution is -2.31. The van der Waals surface area contributed by atoms with Gasteiger partial charge in [-0.2, -0.15) is 5.26 Å². The molecule has 5 rings (SSSR count). The van der Waals surface area contributed by atoms with Crippen LogP contribution in [0.25, 0.3) is 23.8 Å². The van der Waals surface area contributed by atoms with Crippen molar-refractivity contribution in [3.63, 3.8) is 0 Å². The molecule has 3 aromatic carbocycles. The van der Waals surface area contributed by atoms with Crippen molar-refractivity contribution in [2.75, 3.05) is 19.6 Å². The smallest absolute Gasteiger partial charge is 0.0991 e. The Balaban J connectivity index is 1.34. The third-order valence-electron chi connectivity index (χ3n) is 6.43. The Morgan fingerprint density at radius 2 is 1.38 bits per heavy atom. The Hall–Kier alpha value is -3.67. The van der Waals surface area contributed by atoms with Crippen molar-refractivity contribution in [2.24, 2.45) is 0 Å². The van der Waals surface area contributed by atoms with Crippen LogP contribution in [0, 0.1) is 11.3 Å². The average molecular weight is 415 g/mol. The Morgan fingerprint density at radius 1 is 0.781 bits per heavy atom. The zero-order valence-corrected chi connectivity index (χ0v) is 18.2. The molecule has 1 aliphatic carbocycles. The van der Waals surface area contributed by atoms with Gasteiger partial charge in [0.2, 0.25) is 0 Å². The first-order chi connectivity index (χ1) is 15.8. The second-order valence-corrected chi connectivity index (χ2v) is 8.42. The maximum atomic E-state index is 8.93. The lowest BCUT2D eigenvalue weighted by molar-refractivity contribution is 0.284. The zero-order chi connectivity index (χ0) is 21.8. The highest BCUT2D eigenvalue weighted by Crippen LogP contribution is 2.38. The highest BCUT2D eigenvalue weighted by atomic mass is 15.1. The second-order valence-electron chi connectivity index (χ2n) is 8.42. The van der Waals surface area contributed by atoms with Crippen LogP contribution >= 0.6 is 0 Å². The fourth-order valence-corrected chi connectivity index (χ4v) is 4.71. The number of benzene rings is 3. The summed E-state index contributed by atoms with van der Waals surface area (Å²) in [6.07, 6.45) is 11.1. The Morgan fingerprint density at radius 3 is 1.97 bits per heavy atom. The molecule has 0 saturated carbocycles. The van der Waals surface area contributed by atoms with Crippen LogP contribution in [-0.4, -0.2) is 24.5 Å². The van der Waals surface area contributed by atoms with Crippen molar-refractivity contribution in [1.82, 2.24) is 4.90 Å². The van der Waals surface area contributed by atoms with Crippen LogP contribution in [-0.2, 0) is 0 Å². The standard InChI is InChI=1S/C30H26N2/c31-22-24-13-11-23(12-14-24)6-5-19-32-20-17-27(18-21-32)30-28-9-3-1-7-25(28)15-16-26-8-2-4-10-29(26)30/h1-16H,17-21H2/b6-5+. The number of fused-ring (bicyclic) bond motifs is 2. The largest absolute Gasteiger partial charge is 0.299 e. The lowest BCUT2D eigenvalue weighted by Gasteiger charge is -2.29. The predicted molar refractivity (Wildman–Crippen MR) is 134 cm³/mol. The first-order valence-corrected chi connectivity index (χ1v) is 11.3. The topological polar surface area (TPSA) is 27.0 Å². The van der Waals surface area contributed by atoms with E-state index in [0.717, 1.165) is 38.0 Å². The molecular weight excluding hydrogens is 388 g/mol. The van der Waals surface area contributed by atoms with E-state index in [9.17, 15) is 0 Å². The van der Waals surface area contributed by atoms with E-state index in [1.807, 2.05) is 24.3 Å². The van der Waals surface area contributed by atoms with Gasteiger partial charge in [-0.3, -0.25) is 4.90 Å². The van der Waals surface area contributed by atoms with Gasteiger partial charge in [0.25, 0.3) is 0 Å². The van der Waals surface area contributed by atoms with Crippen molar-refractivity contribution in [3.8, 4) is 6.07 Å². The Bertz CT molecular complexity index is 1190. The van der Waals surface area contributed by atoms with Gasteiger partial charge in [-0.1, -0.05) is 90.5 Å². The van der Waals surface area contributed by atoms with Crippen molar-refractivity contribution in [3.05, 3.63) is 118 Å². The molecule has 3 aromatic rings. The third-order valence-corrected chi connectivity index (χ3v) is 6.43. The fourth-order valence-electron chi connectivity index (χ4n) is 4.71. The summed E-state index contributed by atoms with van der Waals surface area (Å²) < 4.78 is 0. The molecule has 2 aliphatic rings. The maximum absolute atomic E-state index is 8.93. The molecule has 0 radical (unpaired) electrons. The van der Waals surface area contributed by atoms with Crippen molar-refractivity contribution < 1.29 is 0 Å². The summed E-state index contributed by atoms with van der Waals surface area (Å²) in [6.45, 7) is 3.11. The quantitative estimate of drug-likeness (QED) is 0.375. The molecule has 2 heteroatoms. The molecule has 0 aromatic heterocycles. The molecule has 0 spiro atoms. The highest BCUT2D eigenvalue weighted by molar-refractivity contribution is 5.94. The van der Waals surface area contributed by atoms with Gasteiger partial charge in [0.15, 0.2) is 0 Å². The predicted octanol–water partition coefficient (Wildman–Crippen LogP) is 6.65. The molecule has 1 fully saturated rings. The lowest BCUT2D eigenvalue weighted by atomic mass is 9.86. The Labute approximate surface area is 190 Å². The van der Waals surface area contributed by atoms with E-state index in [2.05, 4.69) is 83.8 Å². The number of piperidine rings is 1. The van der Waals surface area contributed by atoms with Crippen LogP contribution in [0.5, 0.6) is 0 Å². The minimum absolute atomic E-state index is 0.704. The van der Waals surface area contributed by atoms with Crippen LogP contribution in [0.3, 0.4) is 0 Å². The van der Waals surface area contributed by atoms with Gasteiger partial charge >= 0.3 is 0 Å². The van der Waals surface area contributed by atoms with Crippen molar-refractivity contribution >= 4 is 23.8 Å². The first kappa shape index (κ1) is 20.2. The molecule has 0 N–H and O–H groups in total. The van der Waals surface area contributed by atoms with Gasteiger partial charge in [-0.05, 0) is 58.4 Å². The Kier molecular flexibility index (Phi) is 5.83. The van der Waals surface area contributed by atoms with Gasteiger partial charge in [0, 0.05) is 19.6 Å². The van der Waals surface area contributed by atoms with E-state index in [-0.39, 0.29) is 0 Å². The molecule has 1 saturated heterocycles. The van der Waals surface area contributed by atoms with Gasteiger partial charge in [0.05, 0.1) is 11.6 Å². The molecule has 32 heavy (non-hydrogen) atoms. The van der Waals surface area contributed by atoms with E-state index in [1.165, 1.54) is 27.8 Å². The molecule has 0 unspecified atom stereocenters. The fraction of sp³-hybridized carbons (Fsp3) is 0.167. The van der Waals surface area contributed by atoms with E-state index >= 15 is 0 Å². The molecule has 1 aliphatic heterocycles. The third kappa shape index (κ3) is 4.21. The molecular formula is C30H26N2. The van der Waals surface area contributed by atoms with Crippen molar-refractivity contribution in [1.29, 1.82) is 5.26 Å². The van der Waals surface area contributed by atoms with E-state index in [4.69, 9.17) is 5.26 Å². The molecule has 156 valence electrons. The minimum atomic E-state index is 0.704. The number of nitrogens with zero attached hydrogens (tertiary/aromatic N) is 2. The van der Waals surface area contributed by atoms with E-state index < -0.39 is 0 Å². The van der Waals surface area contributed by atoms with Crippen LogP contribution in [0.1, 0.15) is 46.2 Å². The summed E-state index contributed by atoms with van der Waals surface area (Å²) in [5.74, 6) is 0. The van der Waals surface area contributed by atoms with Crippen LogP contribution < -0.4 is 0 Å². The van der Waals surface area contributed by atoms with Gasteiger partial charge in [-0.15, -0.1) is 0 Å². The van der Waals surface area contributed by atoms with E-state index in [1.54, 1.807) is 5.57 Å². The number of hydrogen-bond acceptors (Lipinski definition) is 2. The molecule has 0 atom stereocenters. The summed E-state index contributed by atoms with van der Waals surface area (Å²) in [4.78, 5) is 2.52. The number of likely N-dealkylation sites (tertiary alicyclic amines) is 1. The van der Waals surface area contributed by atoms with E-state index in [0.29, 0.717) is 5.56 Å². The summed E-state index contributed by atoms with van der Waals surface area (Å²) in [5, 5.41) is 8.93.